The molecule has 2 rings (SSSR count). The van der Waals surface area contributed by atoms with Crippen molar-refractivity contribution in [3.8, 4) is 5.75 Å². The molecule has 0 aliphatic carbocycles. The summed E-state index contributed by atoms with van der Waals surface area (Å²) in [5.74, 6) is 1.01. The molecule has 2 nitrogen and oxygen atoms in total. The molecule has 7 heteroatoms. The number of hydroxylamine groups is 2. The quantitative estimate of drug-likeness (QED) is 0.548. The number of hydrogen-bond acceptors (Lipinski definition) is 2. The number of benzene rings is 1. The van der Waals surface area contributed by atoms with Crippen molar-refractivity contribution >= 4 is 7.25 Å². The molecular formula is C9H11BF4NO-. The Labute approximate surface area is 90.9 Å². The summed E-state index contributed by atoms with van der Waals surface area (Å²) in [4.78, 5) is 5.49. The molecule has 0 saturated heterocycles. The van der Waals surface area contributed by atoms with Gasteiger partial charge in [0.25, 0.3) is 0 Å². The molecular weight excluding hydrogens is 225 g/mol. The van der Waals surface area contributed by atoms with Gasteiger partial charge in [-0.2, -0.15) is 0 Å². The lowest BCUT2D eigenvalue weighted by atomic mass is 10.2. The van der Waals surface area contributed by atoms with E-state index in [-0.39, 0.29) is 0 Å². The Morgan fingerprint density at radius 1 is 1.25 bits per heavy atom. The molecule has 0 aromatic heterocycles. The van der Waals surface area contributed by atoms with E-state index in [2.05, 4.69) is 13.0 Å². The molecule has 1 heterocycles. The summed E-state index contributed by atoms with van der Waals surface area (Å²) in [5.41, 5.74) is 1.29. The molecule has 0 N–H and O–H groups in total. The Balaban J connectivity index is 0.000000221. The van der Waals surface area contributed by atoms with Crippen LogP contribution >= 0.6 is 0 Å². The highest BCUT2D eigenvalue weighted by Crippen LogP contribution is 2.26. The van der Waals surface area contributed by atoms with Crippen molar-refractivity contribution in [3.05, 3.63) is 29.8 Å². The standard InChI is InChI=1S/C9H11NO.BF4/c1-2-10-7-8-5-3-4-6-9(8)11-10;2-1(3,4)5/h3-6H,2,7H2,1H3;/q;-1. The number of rotatable bonds is 1. The van der Waals surface area contributed by atoms with Gasteiger partial charge in [-0.1, -0.05) is 18.2 Å². The van der Waals surface area contributed by atoms with Crippen molar-refractivity contribution in [1.29, 1.82) is 0 Å². The number of fused-ring (bicyclic) bond motifs is 1. The molecule has 90 valence electrons. The predicted molar refractivity (Wildman–Crippen MR) is 53.3 cm³/mol. The number of halogens is 4. The van der Waals surface area contributed by atoms with Crippen molar-refractivity contribution in [2.75, 3.05) is 6.54 Å². The van der Waals surface area contributed by atoms with Crippen LogP contribution in [0.1, 0.15) is 12.5 Å². The van der Waals surface area contributed by atoms with Gasteiger partial charge in [-0.15, -0.1) is 5.06 Å². The SMILES string of the molecule is CCN1Cc2ccccc2O1.F[B-](F)(F)F. The summed E-state index contributed by atoms with van der Waals surface area (Å²) in [7, 11) is -6.00. The summed E-state index contributed by atoms with van der Waals surface area (Å²) in [5, 5.41) is 1.95. The number of nitrogens with zero attached hydrogens (tertiary/aromatic N) is 1. The third kappa shape index (κ3) is 4.52. The lowest BCUT2D eigenvalue weighted by Crippen LogP contribution is -2.20. The molecule has 16 heavy (non-hydrogen) atoms. The summed E-state index contributed by atoms with van der Waals surface area (Å²) in [6.45, 7) is 3.95. The van der Waals surface area contributed by atoms with E-state index in [0.29, 0.717) is 0 Å². The van der Waals surface area contributed by atoms with Gasteiger partial charge in [0, 0.05) is 12.1 Å². The zero-order valence-electron chi connectivity index (χ0n) is 8.67. The van der Waals surface area contributed by atoms with Crippen molar-refractivity contribution in [1.82, 2.24) is 5.06 Å². The van der Waals surface area contributed by atoms with E-state index < -0.39 is 7.25 Å². The molecule has 0 saturated carbocycles. The van der Waals surface area contributed by atoms with Gasteiger partial charge in [-0.3, -0.25) is 0 Å². The van der Waals surface area contributed by atoms with Crippen molar-refractivity contribution in [2.24, 2.45) is 0 Å². The molecule has 0 amide bonds. The summed E-state index contributed by atoms with van der Waals surface area (Å²) >= 11 is 0. The van der Waals surface area contributed by atoms with Crippen molar-refractivity contribution in [3.63, 3.8) is 0 Å². The molecule has 0 atom stereocenters. The Morgan fingerprint density at radius 2 is 1.81 bits per heavy atom. The van der Waals surface area contributed by atoms with Gasteiger partial charge in [-0.25, -0.2) is 0 Å². The Bertz CT molecular complexity index is 314. The van der Waals surface area contributed by atoms with Crippen LogP contribution in [0.3, 0.4) is 0 Å². The van der Waals surface area contributed by atoms with Crippen LogP contribution in [-0.4, -0.2) is 18.9 Å². The molecule has 0 fully saturated rings. The van der Waals surface area contributed by atoms with E-state index in [1.54, 1.807) is 0 Å². The first-order valence-corrected chi connectivity index (χ1v) is 4.78. The Hall–Kier alpha value is -1.24. The topological polar surface area (TPSA) is 12.5 Å². The van der Waals surface area contributed by atoms with Crippen LogP contribution in [0.25, 0.3) is 0 Å². The lowest BCUT2D eigenvalue weighted by Gasteiger charge is -2.09. The van der Waals surface area contributed by atoms with Crippen LogP contribution in [0.2, 0.25) is 0 Å². The van der Waals surface area contributed by atoms with E-state index in [0.717, 1.165) is 18.8 Å². The van der Waals surface area contributed by atoms with Gasteiger partial charge < -0.3 is 22.1 Å². The molecule has 0 radical (unpaired) electrons. The van der Waals surface area contributed by atoms with Gasteiger partial charge in [0.2, 0.25) is 0 Å². The van der Waals surface area contributed by atoms with Gasteiger partial charge in [-0.05, 0) is 13.0 Å². The van der Waals surface area contributed by atoms with Gasteiger partial charge in [0.15, 0.2) is 5.75 Å². The second kappa shape index (κ2) is 5.20. The Morgan fingerprint density at radius 3 is 2.31 bits per heavy atom. The fraction of sp³-hybridized carbons (Fsp3) is 0.333. The number of hydrogen-bond donors (Lipinski definition) is 0. The third-order valence-corrected chi connectivity index (χ3v) is 1.90. The molecule has 0 bridgehead atoms. The van der Waals surface area contributed by atoms with E-state index in [4.69, 9.17) is 4.84 Å². The highest BCUT2D eigenvalue weighted by Gasteiger charge is 2.20. The predicted octanol–water partition coefficient (Wildman–Crippen LogP) is 3.12. The largest absolute Gasteiger partial charge is 0.673 e. The minimum absolute atomic E-state index is 0.923. The normalized spacial score (nSPS) is 14.8. The van der Waals surface area contributed by atoms with Gasteiger partial charge in [0.1, 0.15) is 0 Å². The molecule has 0 unspecified atom stereocenters. The summed E-state index contributed by atoms with van der Waals surface area (Å²) in [6.07, 6.45) is 0. The fourth-order valence-electron chi connectivity index (χ4n) is 1.26. The van der Waals surface area contributed by atoms with Crippen LogP contribution in [-0.2, 0) is 6.54 Å². The van der Waals surface area contributed by atoms with Crippen molar-refractivity contribution < 1.29 is 22.1 Å². The zero-order valence-corrected chi connectivity index (χ0v) is 8.67. The van der Waals surface area contributed by atoms with E-state index in [1.165, 1.54) is 5.56 Å². The smallest absolute Gasteiger partial charge is 0.418 e. The van der Waals surface area contributed by atoms with Crippen LogP contribution in [0, 0.1) is 0 Å². The monoisotopic (exact) mass is 236 g/mol. The average Bonchev–Trinajstić information content (AvgIpc) is 2.57. The van der Waals surface area contributed by atoms with E-state index in [1.807, 2.05) is 23.3 Å². The zero-order chi connectivity index (χ0) is 12.2. The molecule has 1 aliphatic rings. The number of para-hydroxylation sites is 1. The second-order valence-corrected chi connectivity index (χ2v) is 3.15. The summed E-state index contributed by atoms with van der Waals surface area (Å²) in [6, 6.07) is 8.15. The highest BCUT2D eigenvalue weighted by molar-refractivity contribution is 6.50. The van der Waals surface area contributed by atoms with E-state index >= 15 is 0 Å². The average molecular weight is 236 g/mol. The maximum absolute atomic E-state index is 9.75. The minimum atomic E-state index is -6.00. The fourth-order valence-corrected chi connectivity index (χ4v) is 1.26. The first-order valence-electron chi connectivity index (χ1n) is 4.78. The first-order chi connectivity index (χ1) is 7.40. The van der Waals surface area contributed by atoms with Crippen LogP contribution in [0.5, 0.6) is 5.75 Å². The third-order valence-electron chi connectivity index (χ3n) is 1.90. The van der Waals surface area contributed by atoms with Crippen LogP contribution in [0.4, 0.5) is 17.3 Å². The Kier molecular flexibility index (Phi) is 4.17. The molecule has 0 spiro atoms. The lowest BCUT2D eigenvalue weighted by molar-refractivity contribution is -0.0372. The highest BCUT2D eigenvalue weighted by atomic mass is 19.5. The minimum Gasteiger partial charge on any atom is -0.418 e. The first kappa shape index (κ1) is 12.8. The van der Waals surface area contributed by atoms with Crippen LogP contribution < -0.4 is 4.84 Å². The maximum Gasteiger partial charge on any atom is 0.673 e. The maximum atomic E-state index is 9.75. The van der Waals surface area contributed by atoms with E-state index in [9.17, 15) is 17.3 Å². The summed E-state index contributed by atoms with van der Waals surface area (Å²) < 4.78 is 39.0. The molecule has 1 aromatic rings. The van der Waals surface area contributed by atoms with Crippen LogP contribution in [0.15, 0.2) is 24.3 Å². The van der Waals surface area contributed by atoms with Crippen molar-refractivity contribution in [2.45, 2.75) is 13.5 Å². The molecule has 1 aromatic carbocycles. The van der Waals surface area contributed by atoms with Gasteiger partial charge >= 0.3 is 7.25 Å². The van der Waals surface area contributed by atoms with Gasteiger partial charge in [0.05, 0.1) is 6.54 Å². The second-order valence-electron chi connectivity index (χ2n) is 3.15. The molecule has 1 aliphatic heterocycles.